The molecule has 0 saturated heterocycles. The molecule has 3 aromatic rings. The van der Waals surface area contributed by atoms with Crippen LogP contribution in [0.25, 0.3) is 11.0 Å². The lowest BCUT2D eigenvalue weighted by Gasteiger charge is -2.03. The van der Waals surface area contributed by atoms with Gasteiger partial charge in [-0.1, -0.05) is 25.1 Å². The molecule has 0 aliphatic rings. The van der Waals surface area contributed by atoms with Crippen LogP contribution in [0, 0.1) is 0 Å². The Morgan fingerprint density at radius 1 is 1.33 bits per heavy atom. The van der Waals surface area contributed by atoms with Crippen molar-refractivity contribution in [1.82, 2.24) is 9.78 Å². The van der Waals surface area contributed by atoms with Gasteiger partial charge in [0.2, 0.25) is 0 Å². The molecule has 0 radical (unpaired) electrons. The Morgan fingerprint density at radius 3 is 3.00 bits per heavy atom. The molecular formula is C16H19N3O2. The SMILES string of the molecule is CCCn1cc(OCc2c(CN)oc3ccccc23)cn1. The van der Waals surface area contributed by atoms with Crippen LogP contribution in [0.1, 0.15) is 24.7 Å². The van der Waals surface area contributed by atoms with Crippen molar-refractivity contribution in [2.75, 3.05) is 0 Å². The molecule has 0 saturated carbocycles. The van der Waals surface area contributed by atoms with E-state index >= 15 is 0 Å². The van der Waals surface area contributed by atoms with Crippen molar-refractivity contribution < 1.29 is 9.15 Å². The van der Waals surface area contributed by atoms with Gasteiger partial charge in [-0.3, -0.25) is 4.68 Å². The maximum Gasteiger partial charge on any atom is 0.157 e. The molecule has 0 amide bonds. The number of rotatable bonds is 6. The number of hydrogen-bond acceptors (Lipinski definition) is 4. The van der Waals surface area contributed by atoms with Gasteiger partial charge in [0, 0.05) is 17.5 Å². The van der Waals surface area contributed by atoms with Gasteiger partial charge in [0.15, 0.2) is 5.75 Å². The first-order valence-corrected chi connectivity index (χ1v) is 7.16. The fourth-order valence-corrected chi connectivity index (χ4v) is 2.40. The van der Waals surface area contributed by atoms with Crippen LogP contribution in [0.2, 0.25) is 0 Å². The van der Waals surface area contributed by atoms with Crippen molar-refractivity contribution in [3.63, 3.8) is 0 Å². The number of nitrogens with zero attached hydrogens (tertiary/aromatic N) is 2. The third-order valence-electron chi connectivity index (χ3n) is 3.41. The van der Waals surface area contributed by atoms with E-state index in [2.05, 4.69) is 12.0 Å². The minimum absolute atomic E-state index is 0.364. The smallest absolute Gasteiger partial charge is 0.157 e. The number of hydrogen-bond donors (Lipinski definition) is 1. The highest BCUT2D eigenvalue weighted by atomic mass is 16.5. The molecular weight excluding hydrogens is 266 g/mol. The van der Waals surface area contributed by atoms with Gasteiger partial charge in [-0.25, -0.2) is 0 Å². The number of fused-ring (bicyclic) bond motifs is 1. The Kier molecular flexibility index (Phi) is 3.92. The van der Waals surface area contributed by atoms with Crippen LogP contribution in [-0.4, -0.2) is 9.78 Å². The zero-order valence-corrected chi connectivity index (χ0v) is 12.1. The Bertz CT molecular complexity index is 730. The summed E-state index contributed by atoms with van der Waals surface area (Å²) in [6, 6.07) is 7.90. The van der Waals surface area contributed by atoms with Crippen molar-refractivity contribution in [3.05, 3.63) is 48.0 Å². The summed E-state index contributed by atoms with van der Waals surface area (Å²) in [6.07, 6.45) is 4.69. The van der Waals surface area contributed by atoms with Crippen LogP contribution in [0.4, 0.5) is 0 Å². The summed E-state index contributed by atoms with van der Waals surface area (Å²) in [4.78, 5) is 0. The zero-order chi connectivity index (χ0) is 14.7. The van der Waals surface area contributed by atoms with E-state index < -0.39 is 0 Å². The number of benzene rings is 1. The van der Waals surface area contributed by atoms with E-state index in [0.717, 1.165) is 41.0 Å². The van der Waals surface area contributed by atoms with Gasteiger partial charge in [-0.2, -0.15) is 5.10 Å². The number of aromatic nitrogens is 2. The lowest BCUT2D eigenvalue weighted by Crippen LogP contribution is -2.02. The van der Waals surface area contributed by atoms with Crippen molar-refractivity contribution in [2.45, 2.75) is 33.0 Å². The van der Waals surface area contributed by atoms with Crippen LogP contribution in [0.5, 0.6) is 5.75 Å². The Balaban J connectivity index is 1.80. The van der Waals surface area contributed by atoms with Gasteiger partial charge >= 0.3 is 0 Å². The predicted molar refractivity (Wildman–Crippen MR) is 81.0 cm³/mol. The second-order valence-corrected chi connectivity index (χ2v) is 4.93. The van der Waals surface area contributed by atoms with E-state index in [1.165, 1.54) is 0 Å². The first kappa shape index (κ1) is 13.7. The average molecular weight is 285 g/mol. The summed E-state index contributed by atoms with van der Waals surface area (Å²) < 4.78 is 13.5. The van der Waals surface area contributed by atoms with Crippen molar-refractivity contribution in [1.29, 1.82) is 0 Å². The van der Waals surface area contributed by atoms with Crippen LogP contribution in [-0.2, 0) is 19.7 Å². The Hall–Kier alpha value is -2.27. The highest BCUT2D eigenvalue weighted by molar-refractivity contribution is 5.82. The van der Waals surface area contributed by atoms with E-state index in [0.29, 0.717) is 13.2 Å². The predicted octanol–water partition coefficient (Wildman–Crippen LogP) is 3.08. The lowest BCUT2D eigenvalue weighted by molar-refractivity contribution is 0.303. The third-order valence-corrected chi connectivity index (χ3v) is 3.41. The first-order chi connectivity index (χ1) is 10.3. The Labute approximate surface area is 123 Å². The van der Waals surface area contributed by atoms with Gasteiger partial charge in [0.25, 0.3) is 0 Å². The molecule has 0 atom stereocenters. The molecule has 110 valence electrons. The van der Waals surface area contributed by atoms with Crippen molar-refractivity contribution in [2.24, 2.45) is 5.73 Å². The Morgan fingerprint density at radius 2 is 2.19 bits per heavy atom. The molecule has 1 aromatic carbocycles. The minimum Gasteiger partial charge on any atom is -0.485 e. The number of aryl methyl sites for hydroxylation is 1. The highest BCUT2D eigenvalue weighted by Gasteiger charge is 2.13. The molecule has 0 fully saturated rings. The summed E-state index contributed by atoms with van der Waals surface area (Å²) in [5.74, 6) is 1.54. The van der Waals surface area contributed by atoms with Crippen LogP contribution in [0.3, 0.4) is 0 Å². The van der Waals surface area contributed by atoms with Gasteiger partial charge in [0.05, 0.1) is 18.9 Å². The normalized spacial score (nSPS) is 11.1. The molecule has 2 heterocycles. The molecule has 0 bridgehead atoms. The van der Waals surface area contributed by atoms with Gasteiger partial charge < -0.3 is 14.9 Å². The molecule has 2 aromatic heterocycles. The molecule has 5 heteroatoms. The van der Waals surface area contributed by atoms with E-state index in [9.17, 15) is 0 Å². The molecule has 21 heavy (non-hydrogen) atoms. The molecule has 0 aliphatic heterocycles. The molecule has 0 unspecified atom stereocenters. The van der Waals surface area contributed by atoms with Crippen molar-refractivity contribution in [3.8, 4) is 5.75 Å². The topological polar surface area (TPSA) is 66.2 Å². The first-order valence-electron chi connectivity index (χ1n) is 7.16. The second kappa shape index (κ2) is 6.01. The fourth-order valence-electron chi connectivity index (χ4n) is 2.40. The summed E-state index contributed by atoms with van der Waals surface area (Å²) in [7, 11) is 0. The maximum atomic E-state index is 5.83. The molecule has 0 aliphatic carbocycles. The van der Waals surface area contributed by atoms with Crippen LogP contribution >= 0.6 is 0 Å². The quantitative estimate of drug-likeness (QED) is 0.756. The highest BCUT2D eigenvalue weighted by Crippen LogP contribution is 2.26. The molecule has 5 nitrogen and oxygen atoms in total. The summed E-state index contributed by atoms with van der Waals surface area (Å²) in [6.45, 7) is 3.81. The van der Waals surface area contributed by atoms with E-state index in [1.54, 1.807) is 6.20 Å². The largest absolute Gasteiger partial charge is 0.485 e. The van der Waals surface area contributed by atoms with Gasteiger partial charge in [0.1, 0.15) is 18.0 Å². The summed E-state index contributed by atoms with van der Waals surface area (Å²) >= 11 is 0. The minimum atomic E-state index is 0.364. The standard InChI is InChI=1S/C16H19N3O2/c1-2-7-19-10-12(9-18-19)20-11-14-13-5-3-4-6-15(13)21-16(14)8-17/h3-6,9-10H,2,7-8,11,17H2,1H3. The summed E-state index contributed by atoms with van der Waals surface area (Å²) in [5.41, 5.74) is 7.62. The zero-order valence-electron chi connectivity index (χ0n) is 12.1. The van der Waals surface area contributed by atoms with E-state index in [-0.39, 0.29) is 0 Å². The number of furan rings is 1. The number of nitrogens with two attached hydrogens (primary N) is 1. The van der Waals surface area contributed by atoms with Crippen LogP contribution < -0.4 is 10.5 Å². The molecule has 0 spiro atoms. The number of ether oxygens (including phenoxy) is 1. The summed E-state index contributed by atoms with van der Waals surface area (Å²) in [5, 5.41) is 5.31. The third kappa shape index (κ3) is 2.78. The monoisotopic (exact) mass is 285 g/mol. The van der Waals surface area contributed by atoms with Crippen LogP contribution in [0.15, 0.2) is 41.1 Å². The lowest BCUT2D eigenvalue weighted by atomic mass is 10.1. The van der Waals surface area contributed by atoms with E-state index in [4.69, 9.17) is 14.9 Å². The van der Waals surface area contributed by atoms with Gasteiger partial charge in [-0.05, 0) is 12.5 Å². The molecule has 3 rings (SSSR count). The average Bonchev–Trinajstić information content (AvgIpc) is 3.09. The maximum absolute atomic E-state index is 5.83. The fraction of sp³-hybridized carbons (Fsp3) is 0.312. The van der Waals surface area contributed by atoms with Crippen molar-refractivity contribution >= 4 is 11.0 Å². The van der Waals surface area contributed by atoms with E-state index in [1.807, 2.05) is 35.1 Å². The second-order valence-electron chi connectivity index (χ2n) is 4.93. The molecule has 2 N–H and O–H groups in total. The number of para-hydroxylation sites is 1. The van der Waals surface area contributed by atoms with Gasteiger partial charge in [-0.15, -0.1) is 0 Å².